The number of ether oxygens (including phenoxy) is 6. The first-order valence-electron chi connectivity index (χ1n) is 19.8. The van der Waals surface area contributed by atoms with E-state index >= 15 is 0 Å². The lowest BCUT2D eigenvalue weighted by molar-refractivity contribution is -0.296. The molecule has 0 N–H and O–H groups in total. The second-order valence-corrected chi connectivity index (χ2v) is 19.0. The fraction of sp³-hybridized carbons (Fsp3) is 0.574. The molecule has 0 aromatic heterocycles. The second kappa shape index (κ2) is 18.3. The average molecular weight is 774 g/mol. The van der Waals surface area contributed by atoms with Crippen LogP contribution >= 0.6 is 0 Å². The topological polar surface area (TPSA) is 92.8 Å². The molecule has 0 spiro atoms. The zero-order valence-electron chi connectivity index (χ0n) is 36.4. The zero-order chi connectivity index (χ0) is 41.6. The molecule has 1 heterocycles. The van der Waals surface area contributed by atoms with Crippen molar-refractivity contribution in [1.29, 1.82) is 0 Å². The van der Waals surface area contributed by atoms with Gasteiger partial charge < -0.3 is 28.4 Å². The van der Waals surface area contributed by atoms with E-state index in [0.29, 0.717) is 6.61 Å². The Kier molecular flexibility index (Phi) is 14.8. The van der Waals surface area contributed by atoms with Crippen molar-refractivity contribution >= 4 is 12.0 Å². The van der Waals surface area contributed by atoms with Crippen molar-refractivity contribution in [3.05, 3.63) is 106 Å². The molecule has 2 amide bonds. The number of carbonyl (C=O) groups excluding carboxylic acids is 2. The Balaban J connectivity index is 1.73. The van der Waals surface area contributed by atoms with Gasteiger partial charge in [-0.2, -0.15) is 0 Å². The molecular weight excluding hydrogens is 707 g/mol. The summed E-state index contributed by atoms with van der Waals surface area (Å²) >= 11 is 0. The molecule has 308 valence electrons. The Bertz CT molecular complexity index is 1710. The van der Waals surface area contributed by atoms with Gasteiger partial charge in [-0.1, -0.05) is 135 Å². The molecule has 3 aromatic carbocycles. The van der Waals surface area contributed by atoms with Crippen molar-refractivity contribution in [3.63, 3.8) is 0 Å². The van der Waals surface area contributed by atoms with E-state index in [1.807, 2.05) is 12.1 Å². The van der Waals surface area contributed by atoms with Gasteiger partial charge in [-0.3, -0.25) is 4.79 Å². The maximum Gasteiger partial charge on any atom is 0.417 e. The lowest BCUT2D eigenvalue weighted by Gasteiger charge is -2.48. The zero-order valence-corrected chi connectivity index (χ0v) is 36.4. The third-order valence-electron chi connectivity index (χ3n) is 9.97. The minimum atomic E-state index is -1.08. The van der Waals surface area contributed by atoms with E-state index in [9.17, 15) is 9.59 Å². The minimum Gasteiger partial charge on any atom is -0.443 e. The van der Waals surface area contributed by atoms with Crippen LogP contribution in [0.1, 0.15) is 123 Å². The van der Waals surface area contributed by atoms with Crippen LogP contribution in [0, 0.1) is 0 Å². The van der Waals surface area contributed by atoms with Gasteiger partial charge in [-0.25, -0.2) is 9.69 Å². The number of hydrogen-bond acceptors (Lipinski definition) is 8. The van der Waals surface area contributed by atoms with Crippen LogP contribution in [0.25, 0.3) is 0 Å². The minimum absolute atomic E-state index is 0.00366. The number of carbonyl (C=O) groups is 2. The third-order valence-corrected chi connectivity index (χ3v) is 9.97. The summed E-state index contributed by atoms with van der Waals surface area (Å²) in [6.45, 7) is 27.1. The predicted octanol–water partition coefficient (Wildman–Crippen LogP) is 9.79. The van der Waals surface area contributed by atoms with Gasteiger partial charge in [0.15, 0.2) is 6.29 Å². The maximum absolute atomic E-state index is 13.9. The molecule has 1 saturated heterocycles. The molecule has 0 saturated carbocycles. The summed E-state index contributed by atoms with van der Waals surface area (Å²) in [7, 11) is 1.49. The van der Waals surface area contributed by atoms with Crippen LogP contribution in [0.4, 0.5) is 4.79 Å². The van der Waals surface area contributed by atoms with E-state index in [0.717, 1.165) is 21.6 Å². The van der Waals surface area contributed by atoms with Crippen molar-refractivity contribution < 1.29 is 38.0 Å². The molecule has 0 radical (unpaired) electrons. The van der Waals surface area contributed by atoms with Crippen molar-refractivity contribution in [2.24, 2.45) is 0 Å². The van der Waals surface area contributed by atoms with E-state index in [-0.39, 0.29) is 36.1 Å². The van der Waals surface area contributed by atoms with Crippen LogP contribution in [-0.4, -0.2) is 66.9 Å². The highest BCUT2D eigenvalue weighted by molar-refractivity contribution is 5.91. The average Bonchev–Trinajstić information content (AvgIpc) is 3.09. The third kappa shape index (κ3) is 12.4. The Morgan fingerprint density at radius 3 is 1.36 bits per heavy atom. The van der Waals surface area contributed by atoms with E-state index in [1.54, 1.807) is 20.8 Å². The number of benzene rings is 3. The summed E-state index contributed by atoms with van der Waals surface area (Å²) in [6.07, 6.45) is -4.30. The number of methoxy groups -OCH3 is 1. The van der Waals surface area contributed by atoms with Crippen LogP contribution < -0.4 is 0 Å². The Hall–Kier alpha value is -3.60. The highest BCUT2D eigenvalue weighted by Crippen LogP contribution is 2.34. The summed E-state index contributed by atoms with van der Waals surface area (Å²) in [4.78, 5) is 28.4. The fourth-order valence-corrected chi connectivity index (χ4v) is 6.64. The first kappa shape index (κ1) is 45.1. The summed E-state index contributed by atoms with van der Waals surface area (Å²) in [5, 5.41) is 0. The first-order chi connectivity index (χ1) is 26.0. The van der Waals surface area contributed by atoms with Gasteiger partial charge in [-0.05, 0) is 70.4 Å². The predicted molar refractivity (Wildman–Crippen MR) is 220 cm³/mol. The van der Waals surface area contributed by atoms with Gasteiger partial charge in [0.2, 0.25) is 5.91 Å². The van der Waals surface area contributed by atoms with Gasteiger partial charge in [0.1, 0.15) is 30.0 Å². The van der Waals surface area contributed by atoms with Gasteiger partial charge >= 0.3 is 6.09 Å². The summed E-state index contributed by atoms with van der Waals surface area (Å²) in [6, 6.07) is 24.0. The molecule has 1 aliphatic heterocycles. The quantitative estimate of drug-likeness (QED) is 0.180. The molecular formula is C47H67NO8. The Morgan fingerprint density at radius 1 is 0.607 bits per heavy atom. The fourth-order valence-electron chi connectivity index (χ4n) is 6.64. The molecule has 0 bridgehead atoms. The number of nitrogens with zero attached hydrogens (tertiary/aromatic N) is 1. The van der Waals surface area contributed by atoms with Crippen LogP contribution in [0.15, 0.2) is 72.8 Å². The van der Waals surface area contributed by atoms with Crippen LogP contribution in [-0.2, 0) is 69.3 Å². The number of hydrogen-bond donors (Lipinski definition) is 0. The van der Waals surface area contributed by atoms with Crippen LogP contribution in [0.3, 0.4) is 0 Å². The monoisotopic (exact) mass is 773 g/mol. The Morgan fingerprint density at radius 2 is 1.00 bits per heavy atom. The molecule has 4 rings (SSSR count). The van der Waals surface area contributed by atoms with Crippen LogP contribution in [0.2, 0.25) is 0 Å². The molecule has 5 atom stereocenters. The van der Waals surface area contributed by atoms with Gasteiger partial charge in [0, 0.05) is 14.0 Å². The molecule has 0 unspecified atom stereocenters. The van der Waals surface area contributed by atoms with E-state index < -0.39 is 48.2 Å². The van der Waals surface area contributed by atoms with E-state index in [4.69, 9.17) is 28.4 Å². The highest BCUT2D eigenvalue weighted by atomic mass is 16.7. The normalized spacial score (nSPS) is 20.8. The van der Waals surface area contributed by atoms with Crippen LogP contribution in [0.5, 0.6) is 0 Å². The number of imide groups is 1. The first-order valence-corrected chi connectivity index (χ1v) is 19.8. The number of amides is 2. The van der Waals surface area contributed by atoms with Crippen molar-refractivity contribution in [1.82, 2.24) is 4.90 Å². The van der Waals surface area contributed by atoms with E-state index in [2.05, 4.69) is 123 Å². The van der Waals surface area contributed by atoms with Crippen molar-refractivity contribution in [2.45, 2.75) is 162 Å². The Labute approximate surface area is 336 Å². The summed E-state index contributed by atoms with van der Waals surface area (Å²) in [5.41, 5.74) is 5.69. The highest BCUT2D eigenvalue weighted by Gasteiger charge is 2.53. The molecule has 3 aromatic rings. The van der Waals surface area contributed by atoms with Gasteiger partial charge in [-0.15, -0.1) is 0 Å². The standard InChI is InChI=1S/C47H67NO8/c1-31(49)48(43(50)56-47(11,12)13)39-41(54-29-34-19-25-37(26-20-34)46(8,9)10)40(53-28-33-17-23-36(24-18-33)45(5,6)7)38(55-42(39)51-14)30-52-27-32-15-21-35(22-16-32)44(2,3)4/h15-26,38-42H,27-30H2,1-14H3/t38-,39-,40-,41-,42+/m1/s1. The lowest BCUT2D eigenvalue weighted by Crippen LogP contribution is -2.67. The molecule has 56 heavy (non-hydrogen) atoms. The largest absolute Gasteiger partial charge is 0.443 e. The van der Waals surface area contributed by atoms with Gasteiger partial charge in [0.25, 0.3) is 0 Å². The van der Waals surface area contributed by atoms with Crippen molar-refractivity contribution in [3.8, 4) is 0 Å². The molecule has 0 aliphatic carbocycles. The molecule has 9 nitrogen and oxygen atoms in total. The smallest absolute Gasteiger partial charge is 0.417 e. The van der Waals surface area contributed by atoms with Gasteiger partial charge in [0.05, 0.1) is 26.4 Å². The maximum atomic E-state index is 13.9. The van der Waals surface area contributed by atoms with Crippen molar-refractivity contribution in [2.75, 3.05) is 13.7 Å². The molecule has 9 heteroatoms. The molecule has 1 aliphatic rings. The lowest BCUT2D eigenvalue weighted by atomic mass is 9.87. The van der Waals surface area contributed by atoms with E-state index in [1.165, 1.54) is 30.7 Å². The molecule has 1 fully saturated rings. The second-order valence-electron chi connectivity index (χ2n) is 19.0. The summed E-state index contributed by atoms with van der Waals surface area (Å²) < 4.78 is 38.2. The summed E-state index contributed by atoms with van der Waals surface area (Å²) in [5.74, 6) is -0.539. The SMILES string of the molecule is CO[C@H]1O[C@H](COCc2ccc(C(C)(C)C)cc2)[C@@H](OCc2ccc(C(C)(C)C)cc2)[C@H](OCc2ccc(C(C)(C)C)cc2)[C@H]1N(C(C)=O)C(=O)OC(C)(C)C. The number of rotatable bonds is 12.